The molecular formula is C12H16BrNO2. The van der Waals surface area contributed by atoms with Gasteiger partial charge in [0.1, 0.15) is 6.04 Å². The second kappa shape index (κ2) is 6.01. The molecule has 0 spiro atoms. The fourth-order valence-electron chi connectivity index (χ4n) is 1.55. The van der Waals surface area contributed by atoms with E-state index in [0.29, 0.717) is 0 Å². The van der Waals surface area contributed by atoms with E-state index in [9.17, 15) is 4.79 Å². The van der Waals surface area contributed by atoms with Crippen LogP contribution >= 0.6 is 15.9 Å². The summed E-state index contributed by atoms with van der Waals surface area (Å²) in [5.74, 6) is -0.826. The third-order valence-corrected chi connectivity index (χ3v) is 2.97. The molecule has 0 aliphatic heterocycles. The average molecular weight is 286 g/mol. The first-order valence-electron chi connectivity index (χ1n) is 5.29. The molecule has 1 rings (SSSR count). The Labute approximate surface area is 104 Å². The van der Waals surface area contributed by atoms with Crippen LogP contribution in [0.3, 0.4) is 0 Å². The number of halogens is 1. The highest BCUT2D eigenvalue weighted by Gasteiger charge is 2.16. The first-order valence-corrected chi connectivity index (χ1v) is 6.08. The van der Waals surface area contributed by atoms with Gasteiger partial charge >= 0.3 is 5.97 Å². The monoisotopic (exact) mass is 285 g/mol. The van der Waals surface area contributed by atoms with Crippen molar-refractivity contribution in [3.63, 3.8) is 0 Å². The fourth-order valence-corrected chi connectivity index (χ4v) is 1.96. The van der Waals surface area contributed by atoms with Crippen LogP contribution in [0.25, 0.3) is 0 Å². The molecule has 88 valence electrons. The maximum atomic E-state index is 10.8. The number of carboxylic acids is 1. The van der Waals surface area contributed by atoms with Crippen molar-refractivity contribution < 1.29 is 9.90 Å². The van der Waals surface area contributed by atoms with Crippen LogP contribution < -0.4 is 5.32 Å². The summed E-state index contributed by atoms with van der Waals surface area (Å²) in [6.45, 7) is 3.69. The first-order chi connectivity index (χ1) is 7.54. The van der Waals surface area contributed by atoms with Gasteiger partial charge < -0.3 is 5.11 Å². The summed E-state index contributed by atoms with van der Waals surface area (Å²) in [5, 5.41) is 11.9. The fraction of sp³-hybridized carbons (Fsp3) is 0.417. The van der Waals surface area contributed by atoms with E-state index >= 15 is 0 Å². The maximum Gasteiger partial charge on any atom is 0.320 e. The molecule has 1 aromatic carbocycles. The highest BCUT2D eigenvalue weighted by atomic mass is 79.9. The molecule has 0 aromatic heterocycles. The van der Waals surface area contributed by atoms with E-state index in [1.807, 2.05) is 31.2 Å². The van der Waals surface area contributed by atoms with Crippen molar-refractivity contribution in [3.8, 4) is 0 Å². The highest BCUT2D eigenvalue weighted by Crippen LogP contribution is 2.21. The summed E-state index contributed by atoms with van der Waals surface area (Å²) < 4.78 is 1.01. The Balaban J connectivity index is 2.78. The smallest absolute Gasteiger partial charge is 0.320 e. The van der Waals surface area contributed by atoms with E-state index in [1.54, 1.807) is 6.92 Å². The number of hydrogen-bond acceptors (Lipinski definition) is 2. The van der Waals surface area contributed by atoms with Gasteiger partial charge in [0.2, 0.25) is 0 Å². The van der Waals surface area contributed by atoms with E-state index in [1.165, 1.54) is 0 Å². The molecule has 16 heavy (non-hydrogen) atoms. The lowest BCUT2D eigenvalue weighted by atomic mass is 10.0. The largest absolute Gasteiger partial charge is 0.480 e. The minimum Gasteiger partial charge on any atom is -0.480 e. The zero-order valence-electron chi connectivity index (χ0n) is 9.40. The van der Waals surface area contributed by atoms with Gasteiger partial charge in [-0.2, -0.15) is 0 Å². The number of aliphatic carboxylic acids is 1. The second-order valence-electron chi connectivity index (χ2n) is 3.74. The van der Waals surface area contributed by atoms with Crippen LogP contribution in [0.1, 0.15) is 31.9 Å². The van der Waals surface area contributed by atoms with E-state index < -0.39 is 12.0 Å². The third-order valence-electron chi connectivity index (χ3n) is 2.48. The lowest BCUT2D eigenvalue weighted by molar-refractivity contribution is -0.139. The van der Waals surface area contributed by atoms with Crippen molar-refractivity contribution >= 4 is 21.9 Å². The van der Waals surface area contributed by atoms with Gasteiger partial charge in [-0.3, -0.25) is 10.1 Å². The number of nitrogens with one attached hydrogen (secondary N) is 1. The van der Waals surface area contributed by atoms with E-state index in [-0.39, 0.29) is 6.04 Å². The molecular weight excluding hydrogens is 270 g/mol. The quantitative estimate of drug-likeness (QED) is 0.875. The van der Waals surface area contributed by atoms with Crippen LogP contribution in [-0.4, -0.2) is 17.1 Å². The van der Waals surface area contributed by atoms with Crippen molar-refractivity contribution in [1.29, 1.82) is 0 Å². The molecule has 0 aliphatic carbocycles. The Bertz CT molecular complexity index is 368. The normalized spacial score (nSPS) is 14.4. The van der Waals surface area contributed by atoms with Crippen molar-refractivity contribution in [2.45, 2.75) is 32.4 Å². The second-order valence-corrected chi connectivity index (χ2v) is 4.66. The molecule has 0 bridgehead atoms. The SMILES string of the molecule is CCC(NC(C)C(=O)O)c1cccc(Br)c1. The molecule has 4 heteroatoms. The molecule has 0 saturated carbocycles. The van der Waals surface area contributed by atoms with Gasteiger partial charge in [0.05, 0.1) is 0 Å². The number of carboxylic acid groups (broad SMARTS) is 1. The third kappa shape index (κ3) is 3.61. The Kier molecular flexibility index (Phi) is 4.96. The van der Waals surface area contributed by atoms with Crippen LogP contribution in [0.2, 0.25) is 0 Å². The van der Waals surface area contributed by atoms with Gasteiger partial charge in [-0.1, -0.05) is 35.0 Å². The van der Waals surface area contributed by atoms with E-state index in [2.05, 4.69) is 21.2 Å². The molecule has 0 saturated heterocycles. The first kappa shape index (κ1) is 13.2. The van der Waals surface area contributed by atoms with Gasteiger partial charge in [-0.25, -0.2) is 0 Å². The van der Waals surface area contributed by atoms with Gasteiger partial charge in [-0.05, 0) is 31.0 Å². The minimum atomic E-state index is -0.826. The molecule has 0 radical (unpaired) electrons. The van der Waals surface area contributed by atoms with Crippen molar-refractivity contribution in [2.75, 3.05) is 0 Å². The molecule has 0 amide bonds. The standard InChI is InChI=1S/C12H16BrNO2/c1-3-11(14-8(2)12(15)16)9-5-4-6-10(13)7-9/h4-8,11,14H,3H2,1-2H3,(H,15,16). The molecule has 2 atom stereocenters. The molecule has 2 N–H and O–H groups in total. The van der Waals surface area contributed by atoms with Gasteiger partial charge in [-0.15, -0.1) is 0 Å². The van der Waals surface area contributed by atoms with Crippen molar-refractivity contribution in [1.82, 2.24) is 5.32 Å². The zero-order valence-corrected chi connectivity index (χ0v) is 11.0. The number of benzene rings is 1. The van der Waals surface area contributed by atoms with Crippen LogP contribution in [0, 0.1) is 0 Å². The Morgan fingerprint density at radius 2 is 2.25 bits per heavy atom. The van der Waals surface area contributed by atoms with Crippen molar-refractivity contribution in [2.24, 2.45) is 0 Å². The number of carbonyl (C=O) groups is 1. The molecule has 0 heterocycles. The number of hydrogen-bond donors (Lipinski definition) is 2. The molecule has 2 unspecified atom stereocenters. The summed E-state index contributed by atoms with van der Waals surface area (Å²) in [6, 6.07) is 7.45. The Morgan fingerprint density at radius 1 is 1.56 bits per heavy atom. The Hall–Kier alpha value is -0.870. The highest BCUT2D eigenvalue weighted by molar-refractivity contribution is 9.10. The molecule has 0 aliphatic rings. The van der Waals surface area contributed by atoms with Crippen LogP contribution in [-0.2, 0) is 4.79 Å². The summed E-state index contributed by atoms with van der Waals surface area (Å²) in [6.07, 6.45) is 0.855. The van der Waals surface area contributed by atoms with E-state index in [0.717, 1.165) is 16.5 Å². The molecule has 1 aromatic rings. The maximum absolute atomic E-state index is 10.8. The van der Waals surface area contributed by atoms with Crippen molar-refractivity contribution in [3.05, 3.63) is 34.3 Å². The van der Waals surface area contributed by atoms with Crippen LogP contribution in [0.15, 0.2) is 28.7 Å². The number of rotatable bonds is 5. The summed E-state index contributed by atoms with van der Waals surface area (Å²) >= 11 is 3.41. The average Bonchev–Trinajstić information content (AvgIpc) is 2.25. The lowest BCUT2D eigenvalue weighted by Crippen LogP contribution is -2.36. The predicted octanol–water partition coefficient (Wildman–Crippen LogP) is 2.96. The summed E-state index contributed by atoms with van der Waals surface area (Å²) in [5.41, 5.74) is 1.10. The Morgan fingerprint density at radius 3 is 2.75 bits per heavy atom. The zero-order chi connectivity index (χ0) is 12.1. The van der Waals surface area contributed by atoms with E-state index in [4.69, 9.17) is 5.11 Å². The van der Waals surface area contributed by atoms with Gasteiger partial charge in [0.25, 0.3) is 0 Å². The van der Waals surface area contributed by atoms with Gasteiger partial charge in [0, 0.05) is 10.5 Å². The predicted molar refractivity (Wildman–Crippen MR) is 67.4 cm³/mol. The summed E-state index contributed by atoms with van der Waals surface area (Å²) in [7, 11) is 0. The van der Waals surface area contributed by atoms with Crippen LogP contribution in [0.5, 0.6) is 0 Å². The topological polar surface area (TPSA) is 49.3 Å². The molecule has 3 nitrogen and oxygen atoms in total. The van der Waals surface area contributed by atoms with Crippen LogP contribution in [0.4, 0.5) is 0 Å². The minimum absolute atomic E-state index is 0.0728. The molecule has 0 fully saturated rings. The van der Waals surface area contributed by atoms with Gasteiger partial charge in [0.15, 0.2) is 0 Å². The lowest BCUT2D eigenvalue weighted by Gasteiger charge is -2.20. The summed E-state index contributed by atoms with van der Waals surface area (Å²) in [4.78, 5) is 10.8.